The number of aromatic nitrogens is 3. The number of hydrogen-bond acceptors (Lipinski definition) is 4. The van der Waals surface area contributed by atoms with Gasteiger partial charge in [0.05, 0.1) is 17.6 Å². The molecule has 0 aliphatic rings. The van der Waals surface area contributed by atoms with Crippen LogP contribution in [-0.2, 0) is 4.79 Å². The molecular formula is C22H21N5O. The topological polar surface area (TPSA) is 62.5 Å². The van der Waals surface area contributed by atoms with Crippen molar-refractivity contribution in [2.45, 2.75) is 6.92 Å². The van der Waals surface area contributed by atoms with E-state index in [-0.39, 0.29) is 5.91 Å². The Hall–Kier alpha value is -3.67. The Balaban J connectivity index is 1.75. The number of rotatable bonds is 4. The summed E-state index contributed by atoms with van der Waals surface area (Å²) in [5.74, 6) is -0.100. The maximum Gasteiger partial charge on any atom is 0.221 e. The number of carbonyl (C=O) groups excluding carboxylic acids is 1. The predicted octanol–water partition coefficient (Wildman–Crippen LogP) is 4.09. The van der Waals surface area contributed by atoms with Gasteiger partial charge in [0, 0.05) is 43.5 Å². The highest BCUT2D eigenvalue weighted by Crippen LogP contribution is 2.26. The van der Waals surface area contributed by atoms with Gasteiger partial charge in [0.2, 0.25) is 5.91 Å². The summed E-state index contributed by atoms with van der Waals surface area (Å²) in [5, 5.41) is 7.61. The van der Waals surface area contributed by atoms with Gasteiger partial charge in [-0.25, -0.2) is 9.50 Å². The van der Waals surface area contributed by atoms with Gasteiger partial charge in [-0.1, -0.05) is 24.3 Å². The summed E-state index contributed by atoms with van der Waals surface area (Å²) in [6, 6.07) is 19.9. The van der Waals surface area contributed by atoms with Gasteiger partial charge in [-0.2, -0.15) is 5.10 Å². The van der Waals surface area contributed by atoms with Crippen molar-refractivity contribution in [1.82, 2.24) is 14.6 Å². The number of nitrogens with zero attached hydrogens (tertiary/aromatic N) is 4. The Kier molecular flexibility index (Phi) is 4.53. The van der Waals surface area contributed by atoms with Crippen LogP contribution in [0.1, 0.15) is 6.92 Å². The number of hydrogen-bond donors (Lipinski definition) is 1. The van der Waals surface area contributed by atoms with Gasteiger partial charge in [-0.3, -0.25) is 4.79 Å². The molecule has 0 aliphatic heterocycles. The van der Waals surface area contributed by atoms with Crippen LogP contribution in [0.25, 0.3) is 28.2 Å². The highest BCUT2D eigenvalue weighted by Gasteiger charge is 2.10. The molecule has 0 bridgehead atoms. The van der Waals surface area contributed by atoms with Gasteiger partial charge in [-0.15, -0.1) is 0 Å². The summed E-state index contributed by atoms with van der Waals surface area (Å²) in [5.41, 5.74) is 6.38. The molecule has 0 atom stereocenters. The van der Waals surface area contributed by atoms with Crippen LogP contribution < -0.4 is 10.2 Å². The molecule has 28 heavy (non-hydrogen) atoms. The zero-order chi connectivity index (χ0) is 19.7. The molecule has 0 aliphatic carbocycles. The van der Waals surface area contributed by atoms with Crippen LogP contribution in [0.15, 0.2) is 66.9 Å². The molecule has 1 amide bonds. The molecule has 4 rings (SSSR count). The largest absolute Gasteiger partial charge is 0.378 e. The van der Waals surface area contributed by atoms with E-state index in [2.05, 4.69) is 39.5 Å². The first-order valence-corrected chi connectivity index (χ1v) is 9.02. The molecule has 0 saturated carbocycles. The highest BCUT2D eigenvalue weighted by atomic mass is 16.1. The van der Waals surface area contributed by atoms with Crippen LogP contribution in [0.2, 0.25) is 0 Å². The molecule has 140 valence electrons. The summed E-state index contributed by atoms with van der Waals surface area (Å²) in [6.45, 7) is 1.50. The summed E-state index contributed by atoms with van der Waals surface area (Å²) in [7, 11) is 4.04. The fourth-order valence-corrected chi connectivity index (χ4v) is 3.11. The van der Waals surface area contributed by atoms with Crippen molar-refractivity contribution in [3.05, 3.63) is 66.9 Å². The Bertz CT molecular complexity index is 1150. The van der Waals surface area contributed by atoms with Gasteiger partial charge < -0.3 is 10.2 Å². The molecule has 0 radical (unpaired) electrons. The van der Waals surface area contributed by atoms with E-state index in [1.165, 1.54) is 6.92 Å². The van der Waals surface area contributed by atoms with E-state index in [4.69, 9.17) is 5.10 Å². The van der Waals surface area contributed by atoms with Crippen LogP contribution in [0.3, 0.4) is 0 Å². The normalized spacial score (nSPS) is 10.8. The van der Waals surface area contributed by atoms with Gasteiger partial charge in [-0.05, 0) is 36.4 Å². The van der Waals surface area contributed by atoms with Crippen LogP contribution in [0, 0.1) is 0 Å². The maximum atomic E-state index is 11.3. The minimum absolute atomic E-state index is 0.100. The van der Waals surface area contributed by atoms with Crippen molar-refractivity contribution in [2.75, 3.05) is 24.3 Å². The average Bonchev–Trinajstić information content (AvgIpc) is 3.11. The van der Waals surface area contributed by atoms with E-state index >= 15 is 0 Å². The van der Waals surface area contributed by atoms with Crippen LogP contribution in [-0.4, -0.2) is 34.6 Å². The number of fused-ring (bicyclic) bond motifs is 1. The first-order chi connectivity index (χ1) is 13.5. The summed E-state index contributed by atoms with van der Waals surface area (Å²) in [4.78, 5) is 17.9. The van der Waals surface area contributed by atoms with Crippen molar-refractivity contribution >= 4 is 22.9 Å². The Labute approximate surface area is 163 Å². The molecule has 6 nitrogen and oxygen atoms in total. The standard InChI is InChI=1S/C22H21N5O/c1-15(28)24-18-6-4-5-17(13-18)21-14-23-22-12-11-20(25-27(21)22)16-7-9-19(10-8-16)26(2)3/h4-14H,1-3H3,(H,24,28). The van der Waals surface area contributed by atoms with Crippen LogP contribution in [0.4, 0.5) is 11.4 Å². The molecule has 0 unspecified atom stereocenters. The minimum Gasteiger partial charge on any atom is -0.378 e. The lowest BCUT2D eigenvalue weighted by molar-refractivity contribution is -0.114. The monoisotopic (exact) mass is 371 g/mol. The molecule has 2 aromatic carbocycles. The van der Waals surface area contributed by atoms with E-state index in [0.29, 0.717) is 0 Å². The average molecular weight is 371 g/mol. The third-order valence-corrected chi connectivity index (χ3v) is 4.52. The second-order valence-corrected chi connectivity index (χ2v) is 6.84. The molecule has 2 aromatic heterocycles. The van der Waals surface area contributed by atoms with E-state index in [1.54, 1.807) is 6.20 Å². The van der Waals surface area contributed by atoms with Gasteiger partial charge in [0.1, 0.15) is 0 Å². The second kappa shape index (κ2) is 7.15. The molecule has 1 N–H and O–H groups in total. The second-order valence-electron chi connectivity index (χ2n) is 6.84. The first kappa shape index (κ1) is 17.7. The molecular weight excluding hydrogens is 350 g/mol. The predicted molar refractivity (Wildman–Crippen MR) is 112 cm³/mol. The number of nitrogens with one attached hydrogen (secondary N) is 1. The minimum atomic E-state index is -0.100. The number of anilines is 2. The van der Waals surface area contributed by atoms with Crippen LogP contribution >= 0.6 is 0 Å². The van der Waals surface area contributed by atoms with Crippen molar-refractivity contribution in [3.63, 3.8) is 0 Å². The quantitative estimate of drug-likeness (QED) is 0.587. The number of amides is 1. The van der Waals surface area contributed by atoms with Gasteiger partial charge in [0.15, 0.2) is 5.65 Å². The fourth-order valence-electron chi connectivity index (χ4n) is 3.11. The Morgan fingerprint density at radius 3 is 2.50 bits per heavy atom. The van der Waals surface area contributed by atoms with E-state index in [0.717, 1.165) is 39.5 Å². The van der Waals surface area contributed by atoms with Crippen molar-refractivity contribution in [2.24, 2.45) is 0 Å². The number of carbonyl (C=O) groups is 1. The number of benzene rings is 2. The van der Waals surface area contributed by atoms with E-state index in [9.17, 15) is 4.79 Å². The SMILES string of the molecule is CC(=O)Nc1cccc(-c2cnc3ccc(-c4ccc(N(C)C)cc4)nn23)c1. The highest BCUT2D eigenvalue weighted by molar-refractivity contribution is 5.89. The zero-order valence-electron chi connectivity index (χ0n) is 16.0. The van der Waals surface area contributed by atoms with E-state index < -0.39 is 0 Å². The lowest BCUT2D eigenvalue weighted by atomic mass is 10.1. The molecule has 0 saturated heterocycles. The van der Waals surface area contributed by atoms with Crippen LogP contribution in [0.5, 0.6) is 0 Å². The smallest absolute Gasteiger partial charge is 0.221 e. The lowest BCUT2D eigenvalue weighted by Gasteiger charge is -2.12. The lowest BCUT2D eigenvalue weighted by Crippen LogP contribution is -2.08. The number of imidazole rings is 1. The van der Waals surface area contributed by atoms with Crippen molar-refractivity contribution < 1.29 is 4.79 Å². The third-order valence-electron chi connectivity index (χ3n) is 4.52. The Morgan fingerprint density at radius 2 is 1.79 bits per heavy atom. The summed E-state index contributed by atoms with van der Waals surface area (Å²) in [6.07, 6.45) is 1.80. The van der Waals surface area contributed by atoms with Crippen molar-refractivity contribution in [3.8, 4) is 22.5 Å². The van der Waals surface area contributed by atoms with E-state index in [1.807, 2.05) is 55.0 Å². The molecule has 0 spiro atoms. The Morgan fingerprint density at radius 1 is 1.00 bits per heavy atom. The molecule has 0 fully saturated rings. The molecule has 6 heteroatoms. The fraction of sp³-hybridized carbons (Fsp3) is 0.136. The van der Waals surface area contributed by atoms with Gasteiger partial charge >= 0.3 is 0 Å². The summed E-state index contributed by atoms with van der Waals surface area (Å²) < 4.78 is 1.84. The maximum absolute atomic E-state index is 11.3. The van der Waals surface area contributed by atoms with Crippen molar-refractivity contribution in [1.29, 1.82) is 0 Å². The molecule has 2 heterocycles. The third kappa shape index (κ3) is 3.44. The van der Waals surface area contributed by atoms with Gasteiger partial charge in [0.25, 0.3) is 0 Å². The zero-order valence-corrected chi connectivity index (χ0v) is 16.0. The summed E-state index contributed by atoms with van der Waals surface area (Å²) >= 11 is 0. The first-order valence-electron chi connectivity index (χ1n) is 9.02. The molecule has 4 aromatic rings.